The lowest BCUT2D eigenvalue weighted by atomic mass is 10.0. The van der Waals surface area contributed by atoms with Crippen LogP contribution >= 0.6 is 0 Å². The summed E-state index contributed by atoms with van der Waals surface area (Å²) < 4.78 is 4.75. The summed E-state index contributed by atoms with van der Waals surface area (Å²) in [6.07, 6.45) is 2.03. The third kappa shape index (κ3) is 4.53. The quantitative estimate of drug-likeness (QED) is 0.557. The molecule has 0 aliphatic carbocycles. The van der Waals surface area contributed by atoms with Gasteiger partial charge in [0.1, 0.15) is 6.04 Å². The lowest BCUT2D eigenvalue weighted by Gasteiger charge is -2.18. The number of nitrogens with one attached hydrogen (secondary N) is 1. The van der Waals surface area contributed by atoms with E-state index in [0.29, 0.717) is 18.5 Å². The molecule has 0 spiro atoms. The minimum Gasteiger partial charge on any atom is -0.467 e. The molecule has 1 aromatic carbocycles. The molecular formula is C20H26N2O5. The van der Waals surface area contributed by atoms with Crippen LogP contribution < -0.4 is 5.32 Å². The molecule has 0 bridgehead atoms. The summed E-state index contributed by atoms with van der Waals surface area (Å²) >= 11 is 0. The average molecular weight is 374 g/mol. The molecule has 1 heterocycles. The van der Waals surface area contributed by atoms with Gasteiger partial charge in [-0.15, -0.1) is 0 Å². The molecule has 1 aromatic rings. The molecule has 1 aliphatic rings. The summed E-state index contributed by atoms with van der Waals surface area (Å²) in [5.74, 6) is -1.54. The number of hydrogen-bond donors (Lipinski definition) is 1. The molecule has 0 saturated heterocycles. The smallest absolute Gasteiger partial charge is 0.328 e. The molecule has 0 radical (unpaired) electrons. The summed E-state index contributed by atoms with van der Waals surface area (Å²) in [7, 11) is 1.27. The zero-order chi connectivity index (χ0) is 20.1. The van der Waals surface area contributed by atoms with E-state index in [1.165, 1.54) is 30.2 Å². The Hall–Kier alpha value is -2.70. The van der Waals surface area contributed by atoms with Gasteiger partial charge in [-0.05, 0) is 37.0 Å². The number of nitrogens with zero attached hydrogens (tertiary/aromatic N) is 1. The van der Waals surface area contributed by atoms with Crippen LogP contribution in [0.2, 0.25) is 0 Å². The summed E-state index contributed by atoms with van der Waals surface area (Å²) in [5.41, 5.74) is 0.756. The van der Waals surface area contributed by atoms with E-state index in [-0.39, 0.29) is 28.9 Å². The molecule has 7 heteroatoms. The molecule has 0 saturated carbocycles. The summed E-state index contributed by atoms with van der Waals surface area (Å²) in [5, 5.41) is 2.65. The van der Waals surface area contributed by atoms with Crippen molar-refractivity contribution in [1.82, 2.24) is 10.2 Å². The van der Waals surface area contributed by atoms with Gasteiger partial charge in [0.15, 0.2) is 0 Å². The Morgan fingerprint density at radius 3 is 2.41 bits per heavy atom. The molecule has 1 atom stereocenters. The van der Waals surface area contributed by atoms with Crippen LogP contribution in [0.15, 0.2) is 18.2 Å². The Bertz CT molecular complexity index is 757. The van der Waals surface area contributed by atoms with Crippen LogP contribution in [-0.4, -0.2) is 48.3 Å². The second-order valence-electron chi connectivity index (χ2n) is 7.05. The maximum Gasteiger partial charge on any atom is 0.328 e. The molecule has 146 valence electrons. The Balaban J connectivity index is 2.21. The highest BCUT2D eigenvalue weighted by molar-refractivity contribution is 6.22. The first-order chi connectivity index (χ1) is 12.8. The number of carbonyl (C=O) groups excluding carboxylic acids is 4. The summed E-state index contributed by atoms with van der Waals surface area (Å²) in [6, 6.07) is 3.63. The molecule has 1 aliphatic heterocycles. The van der Waals surface area contributed by atoms with Crippen LogP contribution in [0.5, 0.6) is 0 Å². The fourth-order valence-corrected chi connectivity index (χ4v) is 3.02. The third-order valence-electron chi connectivity index (χ3n) is 4.47. The van der Waals surface area contributed by atoms with Crippen molar-refractivity contribution in [1.29, 1.82) is 0 Å². The van der Waals surface area contributed by atoms with Crippen LogP contribution in [-0.2, 0) is 9.53 Å². The second kappa shape index (κ2) is 8.79. The highest BCUT2D eigenvalue weighted by atomic mass is 16.5. The second-order valence-corrected chi connectivity index (χ2v) is 7.05. The number of methoxy groups -OCH3 is 1. The van der Waals surface area contributed by atoms with Crippen molar-refractivity contribution >= 4 is 23.7 Å². The number of esters is 1. The van der Waals surface area contributed by atoms with Gasteiger partial charge in [-0.1, -0.05) is 27.2 Å². The van der Waals surface area contributed by atoms with Gasteiger partial charge in [-0.3, -0.25) is 19.3 Å². The van der Waals surface area contributed by atoms with Gasteiger partial charge in [0.2, 0.25) is 0 Å². The van der Waals surface area contributed by atoms with E-state index < -0.39 is 17.9 Å². The SMILES string of the molecule is CCCCN1C(=O)c2ccc(C(=O)NC(CC(C)C)C(=O)OC)cc2C1=O. The number of imide groups is 1. The topological polar surface area (TPSA) is 92.8 Å². The van der Waals surface area contributed by atoms with Crippen molar-refractivity contribution in [2.24, 2.45) is 5.92 Å². The van der Waals surface area contributed by atoms with Gasteiger partial charge >= 0.3 is 5.97 Å². The van der Waals surface area contributed by atoms with Crippen LogP contribution in [0.25, 0.3) is 0 Å². The number of carbonyl (C=O) groups is 4. The van der Waals surface area contributed by atoms with Gasteiger partial charge in [-0.2, -0.15) is 0 Å². The van der Waals surface area contributed by atoms with Crippen molar-refractivity contribution in [3.05, 3.63) is 34.9 Å². The van der Waals surface area contributed by atoms with Crippen molar-refractivity contribution in [3.63, 3.8) is 0 Å². The Kier molecular flexibility index (Phi) is 6.71. The molecule has 1 N–H and O–H groups in total. The van der Waals surface area contributed by atoms with Crippen molar-refractivity contribution < 1.29 is 23.9 Å². The van der Waals surface area contributed by atoms with Gasteiger partial charge in [0.25, 0.3) is 17.7 Å². The van der Waals surface area contributed by atoms with Crippen molar-refractivity contribution in [2.75, 3.05) is 13.7 Å². The monoisotopic (exact) mass is 374 g/mol. The molecular weight excluding hydrogens is 348 g/mol. The number of fused-ring (bicyclic) bond motifs is 1. The first-order valence-corrected chi connectivity index (χ1v) is 9.19. The maximum absolute atomic E-state index is 12.6. The minimum absolute atomic E-state index is 0.181. The number of hydrogen-bond acceptors (Lipinski definition) is 5. The lowest BCUT2D eigenvalue weighted by Crippen LogP contribution is -2.42. The number of ether oxygens (including phenoxy) is 1. The Morgan fingerprint density at radius 1 is 1.15 bits per heavy atom. The predicted molar refractivity (Wildman–Crippen MR) is 99.4 cm³/mol. The van der Waals surface area contributed by atoms with Crippen molar-refractivity contribution in [3.8, 4) is 0 Å². The fraction of sp³-hybridized carbons (Fsp3) is 0.500. The molecule has 0 fully saturated rings. The standard InChI is InChI=1S/C20H26N2O5/c1-5-6-9-22-18(24)14-8-7-13(11-15(14)19(22)25)17(23)21-16(10-12(2)3)20(26)27-4/h7-8,11-12,16H,5-6,9-10H2,1-4H3,(H,21,23). The first kappa shape index (κ1) is 20.6. The zero-order valence-electron chi connectivity index (χ0n) is 16.2. The number of unbranched alkanes of at least 4 members (excludes halogenated alkanes) is 1. The predicted octanol–water partition coefficient (Wildman–Crippen LogP) is 2.40. The number of amides is 3. The fourth-order valence-electron chi connectivity index (χ4n) is 3.02. The van der Waals surface area contributed by atoms with E-state index in [9.17, 15) is 19.2 Å². The largest absolute Gasteiger partial charge is 0.467 e. The van der Waals surface area contributed by atoms with E-state index in [1.54, 1.807) is 0 Å². The molecule has 27 heavy (non-hydrogen) atoms. The summed E-state index contributed by atoms with van der Waals surface area (Å²) in [6.45, 7) is 6.22. The molecule has 3 amide bonds. The molecule has 0 aromatic heterocycles. The Morgan fingerprint density at radius 2 is 1.81 bits per heavy atom. The number of benzene rings is 1. The van der Waals surface area contributed by atoms with Crippen LogP contribution in [0.3, 0.4) is 0 Å². The maximum atomic E-state index is 12.6. The van der Waals surface area contributed by atoms with E-state index in [1.807, 2.05) is 20.8 Å². The summed E-state index contributed by atoms with van der Waals surface area (Å²) in [4.78, 5) is 50.6. The van der Waals surface area contributed by atoms with E-state index in [4.69, 9.17) is 4.74 Å². The van der Waals surface area contributed by atoms with Crippen molar-refractivity contribution in [2.45, 2.75) is 46.1 Å². The van der Waals surface area contributed by atoms with Gasteiger partial charge < -0.3 is 10.1 Å². The minimum atomic E-state index is -0.769. The zero-order valence-corrected chi connectivity index (χ0v) is 16.2. The van der Waals surface area contributed by atoms with Crippen LogP contribution in [0.1, 0.15) is 71.1 Å². The van der Waals surface area contributed by atoms with Gasteiger partial charge in [0, 0.05) is 12.1 Å². The van der Waals surface area contributed by atoms with Crippen LogP contribution in [0, 0.1) is 5.92 Å². The van der Waals surface area contributed by atoms with E-state index >= 15 is 0 Å². The van der Waals surface area contributed by atoms with E-state index in [0.717, 1.165) is 12.8 Å². The molecule has 1 unspecified atom stereocenters. The number of rotatable bonds is 8. The first-order valence-electron chi connectivity index (χ1n) is 9.19. The highest BCUT2D eigenvalue weighted by Gasteiger charge is 2.35. The highest BCUT2D eigenvalue weighted by Crippen LogP contribution is 2.24. The van der Waals surface area contributed by atoms with Gasteiger partial charge in [0.05, 0.1) is 18.2 Å². The van der Waals surface area contributed by atoms with E-state index in [2.05, 4.69) is 5.32 Å². The van der Waals surface area contributed by atoms with Crippen LogP contribution in [0.4, 0.5) is 0 Å². The van der Waals surface area contributed by atoms with Gasteiger partial charge in [-0.25, -0.2) is 4.79 Å². The third-order valence-corrected chi connectivity index (χ3v) is 4.47. The normalized spacial score (nSPS) is 14.3. The molecule has 7 nitrogen and oxygen atoms in total. The Labute approximate surface area is 159 Å². The lowest BCUT2D eigenvalue weighted by molar-refractivity contribution is -0.143. The molecule has 2 rings (SSSR count). The average Bonchev–Trinajstić information content (AvgIpc) is 2.88.